The largest absolute Gasteiger partial charge is 0.367 e. The monoisotopic (exact) mass is 352 g/mol. The van der Waals surface area contributed by atoms with Crippen molar-refractivity contribution in [2.45, 2.75) is 6.61 Å². The van der Waals surface area contributed by atoms with Gasteiger partial charge in [-0.3, -0.25) is 9.20 Å². The maximum Gasteiger partial charge on any atom is 0.256 e. The molecule has 0 radical (unpaired) electrons. The second-order valence-electron chi connectivity index (χ2n) is 6.15. The molecule has 8 heteroatoms. The van der Waals surface area contributed by atoms with Gasteiger partial charge in [-0.05, 0) is 11.6 Å². The third kappa shape index (κ3) is 3.50. The van der Waals surface area contributed by atoms with Crippen molar-refractivity contribution in [3.05, 3.63) is 54.5 Å². The highest BCUT2D eigenvalue weighted by Crippen LogP contribution is 2.16. The summed E-state index contributed by atoms with van der Waals surface area (Å²) in [5.74, 6) is 1.60. The van der Waals surface area contributed by atoms with Crippen molar-refractivity contribution < 1.29 is 9.53 Å². The molecular weight excluding hydrogens is 332 g/mol. The first-order valence-electron chi connectivity index (χ1n) is 8.60. The molecule has 26 heavy (non-hydrogen) atoms. The van der Waals surface area contributed by atoms with Gasteiger partial charge in [0.05, 0.1) is 6.61 Å². The van der Waals surface area contributed by atoms with E-state index in [4.69, 9.17) is 4.74 Å². The molecule has 134 valence electrons. The Balaban J connectivity index is 1.29. The number of carbonyl (C=O) groups is 1. The Bertz CT molecular complexity index is 874. The van der Waals surface area contributed by atoms with Gasteiger partial charge in [0.2, 0.25) is 5.91 Å². The van der Waals surface area contributed by atoms with Gasteiger partial charge in [0, 0.05) is 32.4 Å². The number of carbonyl (C=O) groups excluding carboxylic acids is 1. The van der Waals surface area contributed by atoms with Crippen LogP contribution in [0.2, 0.25) is 0 Å². The molecule has 2 aromatic heterocycles. The topological polar surface area (TPSA) is 75.9 Å². The standard InChI is InChI=1S/C18H20N6O2/c25-17(13-26-12-15-4-2-1-3-5-15)23-10-8-22(9-11-23)16-6-7-19-18-21-20-14-24(16)18/h1-7,14H,8-13H2. The van der Waals surface area contributed by atoms with Crippen LogP contribution in [0.4, 0.5) is 5.82 Å². The molecule has 1 aliphatic heterocycles. The number of rotatable bonds is 5. The summed E-state index contributed by atoms with van der Waals surface area (Å²) in [6, 6.07) is 11.8. The zero-order valence-corrected chi connectivity index (χ0v) is 14.4. The molecule has 3 aromatic rings. The number of hydrogen-bond donors (Lipinski definition) is 0. The molecule has 0 N–H and O–H groups in total. The summed E-state index contributed by atoms with van der Waals surface area (Å²) in [5, 5.41) is 7.87. The zero-order chi connectivity index (χ0) is 17.8. The van der Waals surface area contributed by atoms with E-state index in [-0.39, 0.29) is 12.5 Å². The van der Waals surface area contributed by atoms with E-state index in [1.165, 1.54) is 0 Å². The smallest absolute Gasteiger partial charge is 0.256 e. The predicted molar refractivity (Wildman–Crippen MR) is 95.7 cm³/mol. The van der Waals surface area contributed by atoms with E-state index in [1.807, 2.05) is 45.7 Å². The van der Waals surface area contributed by atoms with E-state index in [0.29, 0.717) is 25.5 Å². The number of piperazine rings is 1. The van der Waals surface area contributed by atoms with Crippen LogP contribution >= 0.6 is 0 Å². The van der Waals surface area contributed by atoms with Crippen molar-refractivity contribution in [1.82, 2.24) is 24.5 Å². The van der Waals surface area contributed by atoms with Crippen LogP contribution < -0.4 is 4.90 Å². The molecule has 1 saturated heterocycles. The van der Waals surface area contributed by atoms with Crippen molar-refractivity contribution in [2.24, 2.45) is 0 Å². The second kappa shape index (κ2) is 7.49. The van der Waals surface area contributed by atoms with Crippen molar-refractivity contribution in [2.75, 3.05) is 37.7 Å². The fourth-order valence-corrected chi connectivity index (χ4v) is 3.09. The summed E-state index contributed by atoms with van der Waals surface area (Å²) < 4.78 is 7.42. The van der Waals surface area contributed by atoms with Gasteiger partial charge in [-0.1, -0.05) is 30.3 Å². The maximum atomic E-state index is 12.3. The SMILES string of the molecule is O=C(COCc1ccccc1)N1CCN(c2ccnc3nncn23)CC1. The van der Waals surface area contributed by atoms with Crippen LogP contribution in [0.25, 0.3) is 5.78 Å². The van der Waals surface area contributed by atoms with Crippen molar-refractivity contribution in [1.29, 1.82) is 0 Å². The lowest BCUT2D eigenvalue weighted by Gasteiger charge is -2.36. The minimum atomic E-state index is 0.0322. The number of ether oxygens (including phenoxy) is 1. The van der Waals surface area contributed by atoms with E-state index >= 15 is 0 Å². The van der Waals surface area contributed by atoms with Crippen molar-refractivity contribution >= 4 is 17.5 Å². The van der Waals surface area contributed by atoms with Gasteiger partial charge in [0.1, 0.15) is 18.8 Å². The highest BCUT2D eigenvalue weighted by atomic mass is 16.5. The van der Waals surface area contributed by atoms with Gasteiger partial charge in [-0.2, -0.15) is 0 Å². The van der Waals surface area contributed by atoms with E-state index in [0.717, 1.165) is 24.5 Å². The second-order valence-corrected chi connectivity index (χ2v) is 6.15. The zero-order valence-electron chi connectivity index (χ0n) is 14.4. The van der Waals surface area contributed by atoms with Crippen LogP contribution in [0.1, 0.15) is 5.56 Å². The van der Waals surface area contributed by atoms with E-state index in [2.05, 4.69) is 20.1 Å². The number of amides is 1. The van der Waals surface area contributed by atoms with Crippen LogP contribution in [0.5, 0.6) is 0 Å². The molecule has 4 rings (SSSR count). The molecule has 1 fully saturated rings. The molecule has 8 nitrogen and oxygen atoms in total. The Labute approximate surface area is 151 Å². The average molecular weight is 352 g/mol. The molecule has 0 atom stereocenters. The van der Waals surface area contributed by atoms with Crippen LogP contribution in [-0.4, -0.2) is 63.2 Å². The average Bonchev–Trinajstić information content (AvgIpc) is 3.18. The minimum Gasteiger partial charge on any atom is -0.367 e. The van der Waals surface area contributed by atoms with Gasteiger partial charge in [0.25, 0.3) is 5.78 Å². The summed E-state index contributed by atoms with van der Waals surface area (Å²) in [5.41, 5.74) is 1.07. The summed E-state index contributed by atoms with van der Waals surface area (Å²) in [6.45, 7) is 3.40. The van der Waals surface area contributed by atoms with Crippen molar-refractivity contribution in [3.8, 4) is 0 Å². The van der Waals surface area contributed by atoms with E-state index in [9.17, 15) is 4.79 Å². The normalized spacial score (nSPS) is 14.8. The third-order valence-electron chi connectivity index (χ3n) is 4.48. The number of anilines is 1. The van der Waals surface area contributed by atoms with Crippen LogP contribution in [0.3, 0.4) is 0 Å². The summed E-state index contributed by atoms with van der Waals surface area (Å²) in [6.07, 6.45) is 3.39. The molecule has 1 amide bonds. The van der Waals surface area contributed by atoms with Crippen LogP contribution in [0, 0.1) is 0 Å². The number of aromatic nitrogens is 4. The molecule has 0 saturated carbocycles. The fourth-order valence-electron chi connectivity index (χ4n) is 3.09. The minimum absolute atomic E-state index is 0.0322. The molecule has 0 spiro atoms. The fraction of sp³-hybridized carbons (Fsp3) is 0.333. The maximum absolute atomic E-state index is 12.3. The Morgan fingerprint density at radius 3 is 2.69 bits per heavy atom. The molecule has 0 bridgehead atoms. The van der Waals surface area contributed by atoms with Gasteiger partial charge >= 0.3 is 0 Å². The molecule has 1 aliphatic rings. The molecule has 1 aromatic carbocycles. The molecular formula is C18H20N6O2. The Kier molecular flexibility index (Phi) is 4.74. The first-order valence-corrected chi connectivity index (χ1v) is 8.60. The lowest BCUT2D eigenvalue weighted by molar-refractivity contribution is -0.136. The summed E-state index contributed by atoms with van der Waals surface area (Å²) in [4.78, 5) is 20.6. The number of hydrogen-bond acceptors (Lipinski definition) is 6. The highest BCUT2D eigenvalue weighted by Gasteiger charge is 2.22. The number of nitrogens with zero attached hydrogens (tertiary/aromatic N) is 6. The lowest BCUT2D eigenvalue weighted by atomic mass is 10.2. The summed E-state index contributed by atoms with van der Waals surface area (Å²) in [7, 11) is 0. The quantitative estimate of drug-likeness (QED) is 0.682. The third-order valence-corrected chi connectivity index (χ3v) is 4.48. The Morgan fingerprint density at radius 2 is 1.88 bits per heavy atom. The lowest BCUT2D eigenvalue weighted by Crippen LogP contribution is -2.50. The Morgan fingerprint density at radius 1 is 1.08 bits per heavy atom. The number of benzene rings is 1. The highest BCUT2D eigenvalue weighted by molar-refractivity contribution is 5.77. The van der Waals surface area contributed by atoms with E-state index < -0.39 is 0 Å². The van der Waals surface area contributed by atoms with Gasteiger partial charge in [-0.25, -0.2) is 4.98 Å². The molecule has 0 aliphatic carbocycles. The number of fused-ring (bicyclic) bond motifs is 1. The van der Waals surface area contributed by atoms with Crippen molar-refractivity contribution in [3.63, 3.8) is 0 Å². The van der Waals surface area contributed by atoms with Gasteiger partial charge < -0.3 is 14.5 Å². The summed E-state index contributed by atoms with van der Waals surface area (Å²) >= 11 is 0. The van der Waals surface area contributed by atoms with Gasteiger partial charge in [0.15, 0.2) is 0 Å². The van der Waals surface area contributed by atoms with Gasteiger partial charge in [-0.15, -0.1) is 10.2 Å². The van der Waals surface area contributed by atoms with E-state index in [1.54, 1.807) is 12.5 Å². The van der Waals surface area contributed by atoms with Crippen LogP contribution in [-0.2, 0) is 16.1 Å². The predicted octanol–water partition coefficient (Wildman–Crippen LogP) is 0.990. The Hall–Kier alpha value is -3.00. The molecule has 0 unspecified atom stereocenters. The first-order chi connectivity index (χ1) is 12.8. The molecule has 3 heterocycles. The first kappa shape index (κ1) is 16.5. The van der Waals surface area contributed by atoms with Crippen LogP contribution in [0.15, 0.2) is 48.9 Å².